The van der Waals surface area contributed by atoms with Crippen LogP contribution in [0.4, 0.5) is 29.3 Å². The summed E-state index contributed by atoms with van der Waals surface area (Å²) < 4.78 is 39.6. The Balaban J connectivity index is 1.55. The van der Waals surface area contributed by atoms with Crippen molar-refractivity contribution in [3.63, 3.8) is 0 Å². The first-order chi connectivity index (χ1) is 16.3. The van der Waals surface area contributed by atoms with E-state index in [9.17, 15) is 18.0 Å². The van der Waals surface area contributed by atoms with Gasteiger partial charge in [0.05, 0.1) is 11.6 Å². The van der Waals surface area contributed by atoms with Gasteiger partial charge in [-0.1, -0.05) is 12.1 Å². The summed E-state index contributed by atoms with van der Waals surface area (Å²) in [4.78, 5) is 16.4. The number of halogens is 3. The predicted molar refractivity (Wildman–Crippen MR) is 121 cm³/mol. The van der Waals surface area contributed by atoms with Crippen LogP contribution in [0.3, 0.4) is 0 Å². The summed E-state index contributed by atoms with van der Waals surface area (Å²) in [5.41, 5.74) is 2.86. The number of hydrogen-bond acceptors (Lipinski definition) is 4. The number of urea groups is 1. The van der Waals surface area contributed by atoms with Crippen molar-refractivity contribution < 1.29 is 18.0 Å². The second-order valence-electron chi connectivity index (χ2n) is 7.22. The van der Waals surface area contributed by atoms with E-state index in [1.165, 1.54) is 16.8 Å². The molecule has 0 bridgehead atoms. The van der Waals surface area contributed by atoms with Gasteiger partial charge in [0, 0.05) is 41.1 Å². The van der Waals surface area contributed by atoms with Gasteiger partial charge < -0.3 is 10.6 Å². The van der Waals surface area contributed by atoms with Crippen molar-refractivity contribution in [1.29, 1.82) is 5.26 Å². The van der Waals surface area contributed by atoms with Gasteiger partial charge in [-0.05, 0) is 54.1 Å². The van der Waals surface area contributed by atoms with Crippen LogP contribution in [0.1, 0.15) is 5.56 Å². The van der Waals surface area contributed by atoms with Gasteiger partial charge in [0.25, 0.3) is 0 Å². The van der Waals surface area contributed by atoms with Crippen molar-refractivity contribution in [3.05, 3.63) is 84.8 Å². The molecular formula is C24H17F3N6O. The van der Waals surface area contributed by atoms with Gasteiger partial charge in [0.1, 0.15) is 12.2 Å². The molecule has 0 saturated carbocycles. The largest absolute Gasteiger partial charge is 0.416 e. The molecule has 0 atom stereocenters. The third kappa shape index (κ3) is 5.21. The van der Waals surface area contributed by atoms with Crippen LogP contribution in [0.15, 0.2) is 79.3 Å². The number of hydrogen-bond donors (Lipinski definition) is 2. The Hall–Kier alpha value is -4.65. The third-order valence-corrected chi connectivity index (χ3v) is 4.85. The third-order valence-electron chi connectivity index (χ3n) is 4.85. The molecule has 2 aromatic heterocycles. The molecule has 2 amide bonds. The molecule has 2 N–H and O–H groups in total. The fraction of sp³-hybridized carbons (Fsp3) is 0.0833. The van der Waals surface area contributed by atoms with E-state index < -0.39 is 17.8 Å². The van der Waals surface area contributed by atoms with Gasteiger partial charge in [-0.3, -0.25) is 9.67 Å². The molecular weight excluding hydrogens is 445 g/mol. The number of rotatable bonds is 5. The zero-order valence-corrected chi connectivity index (χ0v) is 17.5. The molecule has 0 saturated heterocycles. The molecule has 0 aliphatic rings. The summed E-state index contributed by atoms with van der Waals surface area (Å²) in [6.45, 7) is 0.0750. The lowest BCUT2D eigenvalue weighted by atomic mass is 10.0. The van der Waals surface area contributed by atoms with E-state index in [4.69, 9.17) is 5.26 Å². The van der Waals surface area contributed by atoms with Gasteiger partial charge in [0.2, 0.25) is 0 Å². The lowest BCUT2D eigenvalue weighted by molar-refractivity contribution is -0.137. The van der Waals surface area contributed by atoms with Crippen molar-refractivity contribution in [2.45, 2.75) is 12.7 Å². The van der Waals surface area contributed by atoms with Crippen LogP contribution in [0, 0.1) is 11.3 Å². The lowest BCUT2D eigenvalue weighted by Crippen LogP contribution is -2.19. The first kappa shape index (κ1) is 22.5. The SMILES string of the molecule is N#CCn1cc(-c2ccncc2)c(-c2cccc(NC(=O)Nc3ccc(C(F)(F)F)cc3)c2)n1. The number of nitrogens with zero attached hydrogens (tertiary/aromatic N) is 4. The standard InChI is InChI=1S/C24H17F3N6O/c25-24(26,27)18-4-6-19(7-5-18)30-23(34)31-20-3-1-2-17(14-20)22-21(15-33(32-22)13-10-28)16-8-11-29-12-9-16/h1-9,11-12,14-15H,13H2,(H2,30,31,34). The van der Waals surface area contributed by atoms with Gasteiger partial charge in [0.15, 0.2) is 0 Å². The maximum atomic E-state index is 12.7. The number of nitrogens with one attached hydrogen (secondary N) is 2. The molecule has 4 aromatic rings. The quantitative estimate of drug-likeness (QED) is 0.392. The lowest BCUT2D eigenvalue weighted by Gasteiger charge is -2.11. The second-order valence-corrected chi connectivity index (χ2v) is 7.22. The summed E-state index contributed by atoms with van der Waals surface area (Å²) in [5, 5.41) is 18.7. The molecule has 34 heavy (non-hydrogen) atoms. The number of anilines is 2. The second kappa shape index (κ2) is 9.46. The van der Waals surface area contributed by atoms with Crippen LogP contribution in [-0.2, 0) is 12.7 Å². The van der Waals surface area contributed by atoms with Crippen molar-refractivity contribution in [3.8, 4) is 28.5 Å². The summed E-state index contributed by atoms with van der Waals surface area (Å²) in [7, 11) is 0. The maximum Gasteiger partial charge on any atom is 0.416 e. The molecule has 2 aromatic carbocycles. The normalized spacial score (nSPS) is 11.0. The first-order valence-electron chi connectivity index (χ1n) is 10.0. The van der Waals surface area contributed by atoms with Crippen molar-refractivity contribution >= 4 is 17.4 Å². The van der Waals surface area contributed by atoms with Crippen molar-refractivity contribution in [2.24, 2.45) is 0 Å². The highest BCUT2D eigenvalue weighted by Crippen LogP contribution is 2.32. The molecule has 2 heterocycles. The molecule has 0 radical (unpaired) electrons. The highest BCUT2D eigenvalue weighted by molar-refractivity contribution is 6.00. The highest BCUT2D eigenvalue weighted by atomic mass is 19.4. The van der Waals surface area contributed by atoms with E-state index in [-0.39, 0.29) is 12.2 Å². The van der Waals surface area contributed by atoms with Crippen LogP contribution in [0.25, 0.3) is 22.4 Å². The number of alkyl halides is 3. The van der Waals surface area contributed by atoms with Gasteiger partial charge in [-0.2, -0.15) is 23.5 Å². The number of pyridine rings is 1. The number of carbonyl (C=O) groups excluding carboxylic acids is 1. The van der Waals surface area contributed by atoms with E-state index in [1.807, 2.05) is 18.2 Å². The molecule has 10 heteroatoms. The van der Waals surface area contributed by atoms with E-state index in [2.05, 4.69) is 26.8 Å². The van der Waals surface area contributed by atoms with Gasteiger partial charge in [-0.25, -0.2) is 4.79 Å². The van der Waals surface area contributed by atoms with E-state index in [1.54, 1.807) is 36.8 Å². The fourth-order valence-electron chi connectivity index (χ4n) is 3.31. The predicted octanol–water partition coefficient (Wildman–Crippen LogP) is 5.80. The first-order valence-corrected chi connectivity index (χ1v) is 10.0. The fourth-order valence-corrected chi connectivity index (χ4v) is 3.31. The Morgan fingerprint density at radius 3 is 2.35 bits per heavy atom. The number of aromatic nitrogens is 3. The Morgan fingerprint density at radius 1 is 0.971 bits per heavy atom. The molecule has 170 valence electrons. The number of benzene rings is 2. The van der Waals surface area contributed by atoms with Crippen LogP contribution in [0.5, 0.6) is 0 Å². The molecule has 0 aliphatic carbocycles. The van der Waals surface area contributed by atoms with Crippen LogP contribution >= 0.6 is 0 Å². The van der Waals surface area contributed by atoms with E-state index in [0.29, 0.717) is 16.9 Å². The minimum Gasteiger partial charge on any atom is -0.308 e. The van der Waals surface area contributed by atoms with Crippen molar-refractivity contribution in [2.75, 3.05) is 10.6 Å². The molecule has 0 fully saturated rings. The zero-order chi connectivity index (χ0) is 24.1. The van der Waals surface area contributed by atoms with Gasteiger partial charge >= 0.3 is 12.2 Å². The summed E-state index contributed by atoms with van der Waals surface area (Å²) in [5.74, 6) is 0. The van der Waals surface area contributed by atoms with E-state index in [0.717, 1.165) is 23.3 Å². The number of amides is 2. The molecule has 0 aliphatic heterocycles. The topological polar surface area (TPSA) is 95.6 Å². The molecule has 7 nitrogen and oxygen atoms in total. The Kier molecular flexibility index (Phi) is 6.27. The average molecular weight is 462 g/mol. The summed E-state index contributed by atoms with van der Waals surface area (Å²) >= 11 is 0. The number of nitriles is 1. The van der Waals surface area contributed by atoms with Gasteiger partial charge in [-0.15, -0.1) is 0 Å². The van der Waals surface area contributed by atoms with Crippen molar-refractivity contribution in [1.82, 2.24) is 14.8 Å². The minimum absolute atomic E-state index is 0.0750. The number of carbonyl (C=O) groups is 1. The van der Waals surface area contributed by atoms with Crippen LogP contribution < -0.4 is 10.6 Å². The zero-order valence-electron chi connectivity index (χ0n) is 17.5. The van der Waals surface area contributed by atoms with E-state index >= 15 is 0 Å². The highest BCUT2D eigenvalue weighted by Gasteiger charge is 2.30. The Labute approximate surface area is 192 Å². The monoisotopic (exact) mass is 462 g/mol. The maximum absolute atomic E-state index is 12.7. The Bertz CT molecular complexity index is 1340. The average Bonchev–Trinajstić information content (AvgIpc) is 3.24. The van der Waals surface area contributed by atoms with Crippen LogP contribution in [0.2, 0.25) is 0 Å². The smallest absolute Gasteiger partial charge is 0.308 e. The molecule has 0 unspecified atom stereocenters. The minimum atomic E-state index is -4.45. The summed E-state index contributed by atoms with van der Waals surface area (Å²) in [6.07, 6.45) is 0.635. The Morgan fingerprint density at radius 2 is 1.68 bits per heavy atom. The summed E-state index contributed by atoms with van der Waals surface area (Å²) in [6, 6.07) is 16.2. The molecule has 4 rings (SSSR count). The van der Waals surface area contributed by atoms with Crippen LogP contribution in [-0.4, -0.2) is 20.8 Å². The molecule has 0 spiro atoms.